The fraction of sp³-hybridized carbons (Fsp3) is 0.750. The fourth-order valence-electron chi connectivity index (χ4n) is 6.09. The van der Waals surface area contributed by atoms with Gasteiger partial charge in [-0.3, -0.25) is 9.59 Å². The van der Waals surface area contributed by atoms with Crippen molar-refractivity contribution in [3.05, 3.63) is 24.2 Å². The first-order chi connectivity index (χ1) is 14.3. The minimum Gasteiger partial charge on any atom is -0.467 e. The van der Waals surface area contributed by atoms with Crippen LogP contribution in [0.5, 0.6) is 0 Å². The lowest BCUT2D eigenvalue weighted by molar-refractivity contribution is -0.144. The monoisotopic (exact) mass is 416 g/mol. The number of amides is 2. The Morgan fingerprint density at radius 3 is 2.67 bits per heavy atom. The molecule has 0 saturated heterocycles. The van der Waals surface area contributed by atoms with Crippen molar-refractivity contribution in [2.45, 2.75) is 78.0 Å². The topological polar surface area (TPSA) is 91.6 Å². The molecule has 7 atom stereocenters. The largest absolute Gasteiger partial charge is 0.467 e. The minimum atomic E-state index is -0.538. The molecular weight excluding hydrogens is 380 g/mol. The summed E-state index contributed by atoms with van der Waals surface area (Å²) in [5.74, 6) is 1.02. The molecule has 4 rings (SSSR count). The van der Waals surface area contributed by atoms with E-state index in [2.05, 4.69) is 24.5 Å². The third-order valence-electron chi connectivity index (χ3n) is 8.24. The molecule has 0 bridgehead atoms. The molecule has 2 amide bonds. The van der Waals surface area contributed by atoms with E-state index >= 15 is 0 Å². The highest BCUT2D eigenvalue weighted by atomic mass is 16.3. The third-order valence-corrected chi connectivity index (χ3v) is 8.24. The van der Waals surface area contributed by atoms with Crippen molar-refractivity contribution < 1.29 is 19.1 Å². The number of hydrogen-bond donors (Lipinski definition) is 3. The number of aliphatic hydroxyl groups excluding tert-OH is 1. The molecule has 6 heteroatoms. The Balaban J connectivity index is 1.41. The van der Waals surface area contributed by atoms with E-state index in [-0.39, 0.29) is 52.9 Å². The molecule has 3 fully saturated rings. The minimum absolute atomic E-state index is 0.0406. The number of hydrogen-bond acceptors (Lipinski definition) is 4. The van der Waals surface area contributed by atoms with E-state index in [1.54, 1.807) is 12.3 Å². The van der Waals surface area contributed by atoms with Gasteiger partial charge in [-0.2, -0.15) is 0 Å². The van der Waals surface area contributed by atoms with Gasteiger partial charge in [0.05, 0.1) is 18.9 Å². The molecule has 3 N–H and O–H groups in total. The number of aliphatic hydroxyl groups is 1. The zero-order valence-corrected chi connectivity index (χ0v) is 18.4. The van der Waals surface area contributed by atoms with Crippen molar-refractivity contribution in [2.24, 2.45) is 35.0 Å². The summed E-state index contributed by atoms with van der Waals surface area (Å²) in [7, 11) is 0. The Bertz CT molecular complexity index is 759. The van der Waals surface area contributed by atoms with Crippen LogP contribution in [0.15, 0.2) is 22.8 Å². The molecule has 0 unspecified atom stereocenters. The fourth-order valence-corrected chi connectivity index (χ4v) is 6.09. The highest BCUT2D eigenvalue weighted by molar-refractivity contribution is 5.81. The molecule has 3 aliphatic rings. The van der Waals surface area contributed by atoms with Crippen LogP contribution < -0.4 is 10.6 Å². The quantitative estimate of drug-likeness (QED) is 0.664. The molecule has 1 aromatic rings. The van der Waals surface area contributed by atoms with E-state index in [1.165, 1.54) is 0 Å². The first-order valence-electron chi connectivity index (χ1n) is 11.6. The number of rotatable bonds is 6. The SMILES string of the molecule is C[C@@H]1[C@@H]2[C@@H](O)[C@@H]([C@H](C)C(=O)NCc3ccco3)CC[C@]2(C)CC[C@@H]1NC(=O)C1CC1. The van der Waals surface area contributed by atoms with Crippen LogP contribution in [0, 0.1) is 35.0 Å². The van der Waals surface area contributed by atoms with Crippen molar-refractivity contribution >= 4 is 11.8 Å². The number of carbonyl (C=O) groups is 2. The van der Waals surface area contributed by atoms with Gasteiger partial charge in [0.2, 0.25) is 11.8 Å². The Hall–Kier alpha value is -1.82. The van der Waals surface area contributed by atoms with Crippen molar-refractivity contribution in [1.82, 2.24) is 10.6 Å². The molecule has 166 valence electrons. The molecule has 0 spiro atoms. The van der Waals surface area contributed by atoms with Gasteiger partial charge in [-0.25, -0.2) is 0 Å². The highest BCUT2D eigenvalue weighted by Crippen LogP contribution is 2.55. The first kappa shape index (κ1) is 21.4. The van der Waals surface area contributed by atoms with Crippen LogP contribution in [0.25, 0.3) is 0 Å². The Morgan fingerprint density at radius 2 is 2.00 bits per heavy atom. The molecule has 0 aromatic carbocycles. The van der Waals surface area contributed by atoms with Gasteiger partial charge in [0.15, 0.2) is 0 Å². The van der Waals surface area contributed by atoms with Gasteiger partial charge in [0.1, 0.15) is 5.76 Å². The maximum absolute atomic E-state index is 12.8. The van der Waals surface area contributed by atoms with E-state index in [0.717, 1.165) is 44.3 Å². The van der Waals surface area contributed by atoms with Crippen LogP contribution in [0.1, 0.15) is 65.1 Å². The van der Waals surface area contributed by atoms with Gasteiger partial charge in [-0.15, -0.1) is 0 Å². The molecule has 30 heavy (non-hydrogen) atoms. The second-order valence-electron chi connectivity index (χ2n) is 10.2. The van der Waals surface area contributed by atoms with Gasteiger partial charge >= 0.3 is 0 Å². The van der Waals surface area contributed by atoms with Crippen molar-refractivity contribution in [2.75, 3.05) is 0 Å². The number of nitrogens with one attached hydrogen (secondary N) is 2. The van der Waals surface area contributed by atoms with E-state index in [4.69, 9.17) is 4.42 Å². The van der Waals surface area contributed by atoms with Crippen LogP contribution in [0.2, 0.25) is 0 Å². The summed E-state index contributed by atoms with van der Waals surface area (Å²) in [4.78, 5) is 25.1. The highest BCUT2D eigenvalue weighted by Gasteiger charge is 2.54. The predicted molar refractivity (Wildman–Crippen MR) is 113 cm³/mol. The van der Waals surface area contributed by atoms with Crippen LogP contribution in [0.3, 0.4) is 0 Å². The number of fused-ring (bicyclic) bond motifs is 1. The summed E-state index contributed by atoms with van der Waals surface area (Å²) >= 11 is 0. The maximum Gasteiger partial charge on any atom is 0.223 e. The molecule has 6 nitrogen and oxygen atoms in total. The van der Waals surface area contributed by atoms with Crippen molar-refractivity contribution in [3.63, 3.8) is 0 Å². The van der Waals surface area contributed by atoms with Crippen LogP contribution in [0.4, 0.5) is 0 Å². The first-order valence-corrected chi connectivity index (χ1v) is 11.6. The zero-order valence-electron chi connectivity index (χ0n) is 18.4. The lowest BCUT2D eigenvalue weighted by Crippen LogP contribution is -2.58. The molecular formula is C24H36N2O4. The standard InChI is InChI=1S/C24H36N2O4/c1-14(22(28)25-13-17-5-4-12-30-17)18-8-10-24(3)11-9-19(15(2)20(24)21(18)27)26-23(29)16-6-7-16/h4-5,12,14-16,18-21,27H,6-11,13H2,1-3H3,(H,25,28)(H,26,29)/t14-,15-,18+,19-,20+,21-,24+/m0/s1. The average molecular weight is 417 g/mol. The molecule has 1 aromatic heterocycles. The summed E-state index contributed by atoms with van der Waals surface area (Å²) in [6.45, 7) is 6.75. The third kappa shape index (κ3) is 4.16. The molecule has 3 aliphatic carbocycles. The Morgan fingerprint density at radius 1 is 1.27 bits per heavy atom. The zero-order chi connectivity index (χ0) is 21.5. The lowest BCUT2D eigenvalue weighted by atomic mass is 9.51. The summed E-state index contributed by atoms with van der Waals surface area (Å²) in [6.07, 6.45) is 6.93. The summed E-state index contributed by atoms with van der Waals surface area (Å²) < 4.78 is 5.29. The summed E-state index contributed by atoms with van der Waals surface area (Å²) in [5, 5.41) is 17.6. The van der Waals surface area contributed by atoms with Crippen molar-refractivity contribution in [3.8, 4) is 0 Å². The summed E-state index contributed by atoms with van der Waals surface area (Å²) in [6, 6.07) is 3.76. The molecule has 0 aliphatic heterocycles. The smallest absolute Gasteiger partial charge is 0.223 e. The van der Waals surface area contributed by atoms with Crippen LogP contribution in [-0.2, 0) is 16.1 Å². The Labute approximate surface area is 179 Å². The number of furan rings is 1. The van der Waals surface area contributed by atoms with E-state index < -0.39 is 6.10 Å². The van der Waals surface area contributed by atoms with Gasteiger partial charge in [-0.05, 0) is 73.8 Å². The average Bonchev–Trinajstić information content (AvgIpc) is 3.44. The van der Waals surface area contributed by atoms with Crippen molar-refractivity contribution in [1.29, 1.82) is 0 Å². The van der Waals surface area contributed by atoms with Crippen LogP contribution in [-0.4, -0.2) is 29.1 Å². The maximum atomic E-state index is 12.8. The van der Waals surface area contributed by atoms with Gasteiger partial charge in [0, 0.05) is 17.9 Å². The van der Waals surface area contributed by atoms with Crippen LogP contribution >= 0.6 is 0 Å². The predicted octanol–water partition coefficient (Wildman–Crippen LogP) is 3.25. The lowest BCUT2D eigenvalue weighted by Gasteiger charge is -2.56. The van der Waals surface area contributed by atoms with Gasteiger partial charge in [-0.1, -0.05) is 20.8 Å². The van der Waals surface area contributed by atoms with E-state index in [0.29, 0.717) is 6.54 Å². The second-order valence-corrected chi connectivity index (χ2v) is 10.2. The summed E-state index contributed by atoms with van der Waals surface area (Å²) in [5.41, 5.74) is 0.0699. The Kier molecular flexibility index (Phi) is 5.97. The molecule has 1 heterocycles. The normalized spacial score (nSPS) is 37.1. The van der Waals surface area contributed by atoms with E-state index in [9.17, 15) is 14.7 Å². The molecule has 3 saturated carbocycles. The van der Waals surface area contributed by atoms with E-state index in [1.807, 2.05) is 13.0 Å². The number of carbonyl (C=O) groups excluding carboxylic acids is 2. The second kappa shape index (κ2) is 8.37. The molecule has 0 radical (unpaired) electrons. The van der Waals surface area contributed by atoms with Gasteiger partial charge in [0.25, 0.3) is 0 Å². The van der Waals surface area contributed by atoms with Gasteiger partial charge < -0.3 is 20.2 Å².